The minimum atomic E-state index is -3.88. The lowest BCUT2D eigenvalue weighted by molar-refractivity contribution is -0.124. The fourth-order valence-electron chi connectivity index (χ4n) is 2.56. The first-order valence-electron chi connectivity index (χ1n) is 7.23. The number of amides is 1. The van der Waals surface area contributed by atoms with E-state index in [1.54, 1.807) is 0 Å². The third kappa shape index (κ3) is 4.97. The molecule has 1 aliphatic carbocycles. The summed E-state index contributed by atoms with van der Waals surface area (Å²) in [6, 6.07) is 2.62. The van der Waals surface area contributed by atoms with E-state index in [4.69, 9.17) is 34.8 Å². The summed E-state index contributed by atoms with van der Waals surface area (Å²) in [7, 11) is -3.88. The van der Waals surface area contributed by atoms with Crippen molar-refractivity contribution in [2.45, 2.75) is 30.6 Å². The molecule has 2 rings (SSSR count). The minimum Gasteiger partial charge on any atom is -0.355 e. The minimum absolute atomic E-state index is 0.0238. The van der Waals surface area contributed by atoms with Gasteiger partial charge in [-0.2, -0.15) is 0 Å². The van der Waals surface area contributed by atoms with Crippen molar-refractivity contribution in [3.8, 4) is 0 Å². The number of hydrogen-bond donors (Lipinski definition) is 2. The normalized spacial score (nSPS) is 15.8. The van der Waals surface area contributed by atoms with E-state index >= 15 is 0 Å². The molecule has 0 heterocycles. The first-order valence-corrected chi connectivity index (χ1v) is 9.85. The standard InChI is InChI=1S/C14H17Cl3N2O3S/c15-10-7-11(16)13(12(17)8-10)23(21,22)19-6-5-18-14(20)9-3-1-2-4-9/h7-9,19H,1-6H2,(H,18,20). The maximum atomic E-state index is 12.3. The van der Waals surface area contributed by atoms with Gasteiger partial charge in [0.25, 0.3) is 0 Å². The maximum absolute atomic E-state index is 12.3. The second-order valence-corrected chi connectivity index (χ2v) is 8.32. The van der Waals surface area contributed by atoms with Gasteiger partial charge in [0, 0.05) is 24.0 Å². The summed E-state index contributed by atoms with van der Waals surface area (Å²) in [5, 5.41) is 2.88. The van der Waals surface area contributed by atoms with Crippen LogP contribution in [0.1, 0.15) is 25.7 Å². The smallest absolute Gasteiger partial charge is 0.243 e. The van der Waals surface area contributed by atoms with Crippen LogP contribution >= 0.6 is 34.8 Å². The summed E-state index contributed by atoms with van der Waals surface area (Å²) >= 11 is 17.6. The zero-order valence-electron chi connectivity index (χ0n) is 12.2. The Labute approximate surface area is 150 Å². The van der Waals surface area contributed by atoms with Crippen LogP contribution < -0.4 is 10.0 Å². The monoisotopic (exact) mass is 398 g/mol. The van der Waals surface area contributed by atoms with E-state index in [2.05, 4.69) is 10.0 Å². The largest absolute Gasteiger partial charge is 0.355 e. The zero-order valence-corrected chi connectivity index (χ0v) is 15.3. The number of rotatable bonds is 6. The molecule has 0 aromatic heterocycles. The molecule has 0 atom stereocenters. The zero-order chi connectivity index (χ0) is 17.0. The SMILES string of the molecule is O=C(NCCNS(=O)(=O)c1c(Cl)cc(Cl)cc1Cl)C1CCCC1. The third-order valence-electron chi connectivity index (χ3n) is 3.67. The highest BCUT2D eigenvalue weighted by Gasteiger charge is 2.24. The maximum Gasteiger partial charge on any atom is 0.243 e. The van der Waals surface area contributed by atoms with E-state index in [0.717, 1.165) is 25.7 Å². The Bertz CT molecular complexity index is 666. The molecule has 0 bridgehead atoms. The van der Waals surface area contributed by atoms with Crippen LogP contribution in [0.25, 0.3) is 0 Å². The van der Waals surface area contributed by atoms with Gasteiger partial charge in [-0.1, -0.05) is 47.6 Å². The fourth-order valence-corrected chi connectivity index (χ4v) is 5.13. The number of halogens is 3. The van der Waals surface area contributed by atoms with Gasteiger partial charge in [-0.05, 0) is 25.0 Å². The summed E-state index contributed by atoms with van der Waals surface area (Å²) in [4.78, 5) is 11.6. The van der Waals surface area contributed by atoms with Gasteiger partial charge in [-0.3, -0.25) is 4.79 Å². The Kier molecular flexibility index (Phi) is 6.57. The summed E-state index contributed by atoms with van der Waals surface area (Å²) in [6.07, 6.45) is 3.93. The average molecular weight is 400 g/mol. The van der Waals surface area contributed by atoms with Gasteiger partial charge in [-0.25, -0.2) is 13.1 Å². The molecule has 0 saturated heterocycles. The van der Waals surface area contributed by atoms with Crippen LogP contribution in [0.15, 0.2) is 17.0 Å². The summed E-state index contributed by atoms with van der Waals surface area (Å²) in [6.45, 7) is 0.257. The number of carbonyl (C=O) groups is 1. The molecular weight excluding hydrogens is 383 g/mol. The van der Waals surface area contributed by atoms with Crippen molar-refractivity contribution in [1.29, 1.82) is 0 Å². The van der Waals surface area contributed by atoms with Gasteiger partial charge in [-0.15, -0.1) is 0 Å². The number of carbonyl (C=O) groups excluding carboxylic acids is 1. The van der Waals surface area contributed by atoms with Crippen LogP contribution in [0.2, 0.25) is 15.1 Å². The number of nitrogens with one attached hydrogen (secondary N) is 2. The summed E-state index contributed by atoms with van der Waals surface area (Å²) in [5.74, 6) is 0.0241. The van der Waals surface area contributed by atoms with E-state index in [9.17, 15) is 13.2 Å². The lowest BCUT2D eigenvalue weighted by Crippen LogP contribution is -2.37. The Balaban J connectivity index is 1.91. The van der Waals surface area contributed by atoms with Crippen molar-refractivity contribution < 1.29 is 13.2 Å². The van der Waals surface area contributed by atoms with Crippen molar-refractivity contribution in [2.24, 2.45) is 5.92 Å². The molecule has 1 fully saturated rings. The van der Waals surface area contributed by atoms with E-state index in [-0.39, 0.29) is 44.9 Å². The predicted molar refractivity (Wildman–Crippen MR) is 91.6 cm³/mol. The molecule has 5 nitrogen and oxygen atoms in total. The lowest BCUT2D eigenvalue weighted by Gasteiger charge is -2.12. The van der Waals surface area contributed by atoms with Crippen molar-refractivity contribution in [2.75, 3.05) is 13.1 Å². The van der Waals surface area contributed by atoms with Crippen molar-refractivity contribution in [3.05, 3.63) is 27.2 Å². The van der Waals surface area contributed by atoms with Crippen LogP contribution in [0.3, 0.4) is 0 Å². The molecule has 1 aromatic rings. The Morgan fingerprint density at radius 1 is 1.09 bits per heavy atom. The van der Waals surface area contributed by atoms with Gasteiger partial charge in [0.15, 0.2) is 0 Å². The van der Waals surface area contributed by atoms with Gasteiger partial charge >= 0.3 is 0 Å². The fraction of sp³-hybridized carbons (Fsp3) is 0.500. The third-order valence-corrected chi connectivity index (χ3v) is 6.27. The molecular formula is C14H17Cl3N2O3S. The molecule has 2 N–H and O–H groups in total. The highest BCUT2D eigenvalue weighted by atomic mass is 35.5. The van der Waals surface area contributed by atoms with Gasteiger partial charge < -0.3 is 5.32 Å². The quantitative estimate of drug-likeness (QED) is 0.721. The predicted octanol–water partition coefficient (Wildman–Crippen LogP) is 3.23. The van der Waals surface area contributed by atoms with Gasteiger partial charge in [0.1, 0.15) is 4.90 Å². The molecule has 128 valence electrons. The highest BCUT2D eigenvalue weighted by Crippen LogP contribution is 2.32. The molecule has 1 amide bonds. The molecule has 0 unspecified atom stereocenters. The highest BCUT2D eigenvalue weighted by molar-refractivity contribution is 7.89. The summed E-state index contributed by atoms with van der Waals surface area (Å²) < 4.78 is 26.9. The Hall–Kier alpha value is -0.530. The molecule has 23 heavy (non-hydrogen) atoms. The topological polar surface area (TPSA) is 75.3 Å². The molecule has 9 heteroatoms. The first-order chi connectivity index (χ1) is 10.8. The van der Waals surface area contributed by atoms with Crippen LogP contribution in [0.4, 0.5) is 0 Å². The second-order valence-electron chi connectivity index (χ2n) is 5.37. The molecule has 0 radical (unpaired) electrons. The number of hydrogen-bond acceptors (Lipinski definition) is 3. The Morgan fingerprint density at radius 3 is 2.22 bits per heavy atom. The Morgan fingerprint density at radius 2 is 1.65 bits per heavy atom. The van der Waals surface area contributed by atoms with Crippen LogP contribution in [0, 0.1) is 5.92 Å². The molecule has 1 aliphatic rings. The molecule has 0 spiro atoms. The number of benzene rings is 1. The average Bonchev–Trinajstić information content (AvgIpc) is 2.96. The second kappa shape index (κ2) is 8.03. The van der Waals surface area contributed by atoms with Gasteiger partial charge in [0.05, 0.1) is 10.0 Å². The molecule has 1 aromatic carbocycles. The molecule has 1 saturated carbocycles. The molecule has 0 aliphatic heterocycles. The van der Waals surface area contributed by atoms with Crippen molar-refractivity contribution >= 4 is 50.7 Å². The first kappa shape index (κ1) is 18.8. The van der Waals surface area contributed by atoms with E-state index in [1.807, 2.05) is 0 Å². The van der Waals surface area contributed by atoms with E-state index < -0.39 is 10.0 Å². The van der Waals surface area contributed by atoms with Crippen LogP contribution in [0.5, 0.6) is 0 Å². The van der Waals surface area contributed by atoms with Gasteiger partial charge in [0.2, 0.25) is 15.9 Å². The van der Waals surface area contributed by atoms with Crippen molar-refractivity contribution in [1.82, 2.24) is 10.0 Å². The van der Waals surface area contributed by atoms with Crippen LogP contribution in [-0.4, -0.2) is 27.4 Å². The summed E-state index contributed by atoms with van der Waals surface area (Å²) in [5.41, 5.74) is 0. The van der Waals surface area contributed by atoms with E-state index in [0.29, 0.717) is 0 Å². The lowest BCUT2D eigenvalue weighted by atomic mass is 10.1. The van der Waals surface area contributed by atoms with Crippen molar-refractivity contribution in [3.63, 3.8) is 0 Å². The van der Waals surface area contributed by atoms with Crippen LogP contribution in [-0.2, 0) is 14.8 Å². The number of sulfonamides is 1. The van der Waals surface area contributed by atoms with E-state index in [1.165, 1.54) is 12.1 Å².